The highest BCUT2D eigenvalue weighted by molar-refractivity contribution is 5.63. The fourth-order valence-electron chi connectivity index (χ4n) is 2.78. The first-order valence-corrected chi connectivity index (χ1v) is 7.08. The molecule has 2 unspecified atom stereocenters. The molecule has 0 heterocycles. The van der Waals surface area contributed by atoms with Crippen molar-refractivity contribution in [2.75, 3.05) is 5.32 Å². The van der Waals surface area contributed by atoms with Gasteiger partial charge >= 0.3 is 0 Å². The second-order valence-electron chi connectivity index (χ2n) is 5.73. The summed E-state index contributed by atoms with van der Waals surface area (Å²) in [6.07, 6.45) is 5.89. The summed E-state index contributed by atoms with van der Waals surface area (Å²) in [5, 5.41) is 14.5. The van der Waals surface area contributed by atoms with Crippen molar-refractivity contribution >= 4 is 11.4 Å². The third-order valence-electron chi connectivity index (χ3n) is 3.97. The molecule has 4 nitrogen and oxygen atoms in total. The Morgan fingerprint density at radius 1 is 1.26 bits per heavy atom. The van der Waals surface area contributed by atoms with Crippen molar-refractivity contribution in [1.29, 1.82) is 0 Å². The number of nitrogens with zero attached hydrogens (tertiary/aromatic N) is 1. The molecule has 0 bridgehead atoms. The molecule has 1 saturated carbocycles. The summed E-state index contributed by atoms with van der Waals surface area (Å²) in [5.74, 6) is 0.777. The number of hydrogen-bond acceptors (Lipinski definition) is 3. The Bertz CT molecular complexity index is 459. The number of hydrogen-bond donors (Lipinski definition) is 1. The predicted octanol–water partition coefficient (Wildman–Crippen LogP) is 4.28. The van der Waals surface area contributed by atoms with Gasteiger partial charge in [-0.3, -0.25) is 10.1 Å². The largest absolute Gasteiger partial charge is 0.377 e. The molecule has 0 aromatic heterocycles. The summed E-state index contributed by atoms with van der Waals surface area (Å²) >= 11 is 0. The minimum Gasteiger partial charge on any atom is -0.377 e. The van der Waals surface area contributed by atoms with Crippen LogP contribution in [0.4, 0.5) is 11.4 Å². The van der Waals surface area contributed by atoms with Crippen LogP contribution in [0.5, 0.6) is 0 Å². The van der Waals surface area contributed by atoms with E-state index in [4.69, 9.17) is 0 Å². The lowest BCUT2D eigenvalue weighted by Gasteiger charge is -2.18. The van der Waals surface area contributed by atoms with Crippen LogP contribution < -0.4 is 5.32 Å². The number of nitrogens with one attached hydrogen (secondary N) is 1. The second kappa shape index (κ2) is 6.04. The maximum absolute atomic E-state index is 11.1. The molecule has 0 aliphatic heterocycles. The van der Waals surface area contributed by atoms with Crippen LogP contribution in [0.2, 0.25) is 0 Å². The van der Waals surface area contributed by atoms with E-state index in [9.17, 15) is 10.1 Å². The average molecular weight is 262 g/mol. The lowest BCUT2D eigenvalue weighted by atomic mass is 10.0. The highest BCUT2D eigenvalue weighted by atomic mass is 16.6. The molecule has 0 saturated heterocycles. The summed E-state index contributed by atoms with van der Waals surface area (Å²) in [4.78, 5) is 10.8. The van der Waals surface area contributed by atoms with Gasteiger partial charge < -0.3 is 5.32 Å². The van der Waals surface area contributed by atoms with Gasteiger partial charge in [0.05, 0.1) is 4.92 Å². The molecule has 19 heavy (non-hydrogen) atoms. The minimum absolute atomic E-state index is 0.183. The van der Waals surface area contributed by atoms with Gasteiger partial charge in [0.2, 0.25) is 0 Å². The third kappa shape index (κ3) is 3.69. The lowest BCUT2D eigenvalue weighted by molar-refractivity contribution is -0.384. The Kier molecular flexibility index (Phi) is 4.40. The van der Waals surface area contributed by atoms with Crippen LogP contribution in [-0.2, 0) is 0 Å². The van der Waals surface area contributed by atoms with Gasteiger partial charge in [0.1, 0.15) is 5.69 Å². The van der Waals surface area contributed by atoms with Crippen LogP contribution in [0, 0.1) is 23.0 Å². The van der Waals surface area contributed by atoms with Crippen molar-refractivity contribution in [3.8, 4) is 0 Å². The molecule has 2 atom stereocenters. The van der Waals surface area contributed by atoms with E-state index >= 15 is 0 Å². The number of rotatable bonds is 3. The van der Waals surface area contributed by atoms with Gasteiger partial charge in [-0.05, 0) is 43.7 Å². The van der Waals surface area contributed by atoms with Gasteiger partial charge in [-0.15, -0.1) is 0 Å². The maximum atomic E-state index is 11.1. The second-order valence-corrected chi connectivity index (χ2v) is 5.73. The Hall–Kier alpha value is -1.58. The Balaban J connectivity index is 2.13. The topological polar surface area (TPSA) is 55.2 Å². The van der Waals surface area contributed by atoms with Crippen LogP contribution in [0.1, 0.15) is 44.6 Å². The first-order valence-electron chi connectivity index (χ1n) is 7.08. The SMILES string of the molecule is Cc1ccc([N+](=O)[O-])c(NC2CCCC(C)CC2)c1. The monoisotopic (exact) mass is 262 g/mol. The number of nitro groups is 1. The molecule has 1 fully saturated rings. The summed E-state index contributed by atoms with van der Waals surface area (Å²) < 4.78 is 0. The van der Waals surface area contributed by atoms with Crippen molar-refractivity contribution in [2.45, 2.75) is 52.0 Å². The Labute approximate surface area is 114 Å². The summed E-state index contributed by atoms with van der Waals surface area (Å²) in [7, 11) is 0. The van der Waals surface area contributed by atoms with Crippen molar-refractivity contribution in [3.05, 3.63) is 33.9 Å². The third-order valence-corrected chi connectivity index (χ3v) is 3.97. The van der Waals surface area contributed by atoms with Gasteiger partial charge in [-0.25, -0.2) is 0 Å². The van der Waals surface area contributed by atoms with E-state index in [2.05, 4.69) is 12.2 Å². The smallest absolute Gasteiger partial charge is 0.292 e. The molecular weight excluding hydrogens is 240 g/mol. The molecular formula is C15H22N2O2. The Morgan fingerprint density at radius 3 is 2.79 bits per heavy atom. The zero-order valence-corrected chi connectivity index (χ0v) is 11.7. The van der Waals surface area contributed by atoms with E-state index in [1.54, 1.807) is 12.1 Å². The lowest BCUT2D eigenvalue weighted by Crippen LogP contribution is -2.19. The first kappa shape index (κ1) is 13.8. The predicted molar refractivity (Wildman–Crippen MR) is 77.5 cm³/mol. The van der Waals surface area contributed by atoms with Crippen LogP contribution in [0.25, 0.3) is 0 Å². The fourth-order valence-corrected chi connectivity index (χ4v) is 2.78. The molecule has 104 valence electrons. The van der Waals surface area contributed by atoms with Crippen LogP contribution in [0.15, 0.2) is 18.2 Å². The number of aryl methyl sites for hydroxylation is 1. The van der Waals surface area contributed by atoms with Gasteiger partial charge in [0.25, 0.3) is 5.69 Å². The van der Waals surface area contributed by atoms with Crippen LogP contribution in [0.3, 0.4) is 0 Å². The van der Waals surface area contributed by atoms with E-state index in [-0.39, 0.29) is 10.6 Å². The molecule has 0 radical (unpaired) electrons. The van der Waals surface area contributed by atoms with Crippen LogP contribution in [-0.4, -0.2) is 11.0 Å². The zero-order valence-electron chi connectivity index (χ0n) is 11.7. The van der Waals surface area contributed by atoms with Gasteiger partial charge in [0.15, 0.2) is 0 Å². The molecule has 1 N–H and O–H groups in total. The summed E-state index contributed by atoms with van der Waals surface area (Å²) in [5.41, 5.74) is 1.91. The van der Waals surface area contributed by atoms with Gasteiger partial charge in [-0.2, -0.15) is 0 Å². The van der Waals surface area contributed by atoms with E-state index in [1.165, 1.54) is 19.3 Å². The minimum atomic E-state index is -0.304. The van der Waals surface area contributed by atoms with Crippen molar-refractivity contribution in [1.82, 2.24) is 0 Å². The number of anilines is 1. The molecule has 2 rings (SSSR count). The fraction of sp³-hybridized carbons (Fsp3) is 0.600. The van der Waals surface area contributed by atoms with E-state index < -0.39 is 0 Å². The normalized spacial score (nSPS) is 23.7. The number of benzene rings is 1. The van der Waals surface area contributed by atoms with Crippen molar-refractivity contribution < 1.29 is 4.92 Å². The van der Waals surface area contributed by atoms with Gasteiger partial charge in [-0.1, -0.05) is 25.8 Å². The quantitative estimate of drug-likeness (QED) is 0.502. The van der Waals surface area contributed by atoms with E-state index in [0.29, 0.717) is 11.7 Å². The zero-order chi connectivity index (χ0) is 13.8. The molecule has 1 aromatic carbocycles. The highest BCUT2D eigenvalue weighted by Gasteiger charge is 2.20. The molecule has 1 aliphatic rings. The molecule has 1 aromatic rings. The Morgan fingerprint density at radius 2 is 2.05 bits per heavy atom. The average Bonchev–Trinajstić information content (AvgIpc) is 2.54. The molecule has 0 amide bonds. The maximum Gasteiger partial charge on any atom is 0.292 e. The van der Waals surface area contributed by atoms with Crippen LogP contribution >= 0.6 is 0 Å². The summed E-state index contributed by atoms with van der Waals surface area (Å²) in [6, 6.07) is 5.63. The van der Waals surface area contributed by atoms with Crippen molar-refractivity contribution in [3.63, 3.8) is 0 Å². The van der Waals surface area contributed by atoms with Gasteiger partial charge in [0, 0.05) is 12.1 Å². The van der Waals surface area contributed by atoms with Crippen molar-refractivity contribution in [2.24, 2.45) is 5.92 Å². The molecule has 0 spiro atoms. The number of nitro benzene ring substituents is 1. The first-order chi connectivity index (χ1) is 9.06. The molecule has 1 aliphatic carbocycles. The van der Waals surface area contributed by atoms with E-state index in [0.717, 1.165) is 24.3 Å². The summed E-state index contributed by atoms with van der Waals surface area (Å²) in [6.45, 7) is 4.25. The standard InChI is InChI=1S/C15H22N2O2/c1-11-4-3-5-13(8-6-11)16-14-10-12(2)7-9-15(14)17(18)19/h7,9-11,13,16H,3-6,8H2,1-2H3. The highest BCUT2D eigenvalue weighted by Crippen LogP contribution is 2.30. The molecule has 4 heteroatoms. The van der Waals surface area contributed by atoms with E-state index in [1.807, 2.05) is 13.0 Å².